The third-order valence-corrected chi connectivity index (χ3v) is 4.97. The molecule has 0 spiro atoms. The van der Waals surface area contributed by atoms with Crippen molar-refractivity contribution in [3.63, 3.8) is 0 Å². The Labute approximate surface area is 153 Å². The van der Waals surface area contributed by atoms with Crippen LogP contribution in [0, 0.1) is 25.6 Å². The summed E-state index contributed by atoms with van der Waals surface area (Å²) in [6, 6.07) is 11.5. The smallest absolute Gasteiger partial charge is 0.253 e. The highest BCUT2D eigenvalue weighted by molar-refractivity contribution is 5.96. The number of carbonyl (C=O) groups excluding carboxylic acids is 2. The predicted molar refractivity (Wildman–Crippen MR) is 99.6 cm³/mol. The molecule has 0 atom stereocenters. The molecule has 2 aromatic carbocycles. The first-order valence-electron chi connectivity index (χ1n) is 8.87. The minimum atomic E-state index is -0.358. The standard InChI is InChI=1S/C21H23FN2O2/c1-14-4-3-5-15(2)19(14)23-20(25)16-10-12-24(13-11-16)21(26)17-6-8-18(22)9-7-17/h3-9,16H,10-13H2,1-2H3,(H,23,25). The first-order valence-corrected chi connectivity index (χ1v) is 8.87. The van der Waals surface area contributed by atoms with E-state index in [4.69, 9.17) is 0 Å². The van der Waals surface area contributed by atoms with Crippen LogP contribution in [0.4, 0.5) is 10.1 Å². The van der Waals surface area contributed by atoms with Crippen molar-refractivity contribution in [2.75, 3.05) is 18.4 Å². The second-order valence-corrected chi connectivity index (χ2v) is 6.83. The Morgan fingerprint density at radius 1 is 1.00 bits per heavy atom. The summed E-state index contributed by atoms with van der Waals surface area (Å²) in [5.41, 5.74) is 3.44. The Balaban J connectivity index is 1.58. The molecule has 3 rings (SSSR count). The number of nitrogens with zero attached hydrogens (tertiary/aromatic N) is 1. The molecule has 2 aromatic rings. The first-order chi connectivity index (χ1) is 12.5. The fourth-order valence-electron chi connectivity index (χ4n) is 3.36. The highest BCUT2D eigenvalue weighted by Crippen LogP contribution is 2.24. The van der Waals surface area contributed by atoms with E-state index in [1.54, 1.807) is 4.90 Å². The van der Waals surface area contributed by atoms with Gasteiger partial charge in [0.2, 0.25) is 5.91 Å². The van der Waals surface area contributed by atoms with Gasteiger partial charge in [-0.05, 0) is 62.1 Å². The number of para-hydroxylation sites is 1. The number of benzene rings is 2. The molecule has 0 saturated carbocycles. The zero-order valence-corrected chi connectivity index (χ0v) is 15.1. The van der Waals surface area contributed by atoms with Gasteiger partial charge in [0.1, 0.15) is 5.82 Å². The highest BCUT2D eigenvalue weighted by atomic mass is 19.1. The normalized spacial score (nSPS) is 15.0. The average Bonchev–Trinajstić information content (AvgIpc) is 2.65. The quantitative estimate of drug-likeness (QED) is 0.908. The number of likely N-dealkylation sites (tertiary alicyclic amines) is 1. The summed E-state index contributed by atoms with van der Waals surface area (Å²) < 4.78 is 13.0. The summed E-state index contributed by atoms with van der Waals surface area (Å²) in [6.45, 7) is 5.02. The maximum Gasteiger partial charge on any atom is 0.253 e. The van der Waals surface area contributed by atoms with Crippen molar-refractivity contribution in [2.24, 2.45) is 5.92 Å². The van der Waals surface area contributed by atoms with E-state index in [-0.39, 0.29) is 23.5 Å². The number of aryl methyl sites for hydroxylation is 2. The van der Waals surface area contributed by atoms with Crippen LogP contribution in [0.5, 0.6) is 0 Å². The minimum absolute atomic E-state index is 0.0104. The zero-order chi connectivity index (χ0) is 18.7. The number of nitrogens with one attached hydrogen (secondary N) is 1. The number of piperidine rings is 1. The fourth-order valence-corrected chi connectivity index (χ4v) is 3.36. The van der Waals surface area contributed by atoms with Gasteiger partial charge in [-0.3, -0.25) is 9.59 Å². The lowest BCUT2D eigenvalue weighted by Gasteiger charge is -2.31. The summed E-state index contributed by atoms with van der Waals surface area (Å²) >= 11 is 0. The Morgan fingerprint density at radius 2 is 1.58 bits per heavy atom. The topological polar surface area (TPSA) is 49.4 Å². The SMILES string of the molecule is Cc1cccc(C)c1NC(=O)C1CCN(C(=O)c2ccc(F)cc2)CC1. The van der Waals surface area contributed by atoms with Gasteiger partial charge in [0.25, 0.3) is 5.91 Å². The zero-order valence-electron chi connectivity index (χ0n) is 15.1. The summed E-state index contributed by atoms with van der Waals surface area (Å²) in [4.78, 5) is 26.8. The molecule has 1 fully saturated rings. The van der Waals surface area contributed by atoms with Crippen molar-refractivity contribution in [3.8, 4) is 0 Å². The van der Waals surface area contributed by atoms with E-state index in [1.807, 2.05) is 32.0 Å². The highest BCUT2D eigenvalue weighted by Gasteiger charge is 2.28. The number of hydrogen-bond donors (Lipinski definition) is 1. The van der Waals surface area contributed by atoms with Gasteiger partial charge in [0.15, 0.2) is 0 Å². The molecular weight excluding hydrogens is 331 g/mol. The van der Waals surface area contributed by atoms with Crippen molar-refractivity contribution in [3.05, 3.63) is 65.0 Å². The van der Waals surface area contributed by atoms with Crippen molar-refractivity contribution in [1.29, 1.82) is 0 Å². The fraction of sp³-hybridized carbons (Fsp3) is 0.333. The third-order valence-electron chi connectivity index (χ3n) is 4.97. The molecule has 1 heterocycles. The molecule has 1 N–H and O–H groups in total. The van der Waals surface area contributed by atoms with E-state index in [9.17, 15) is 14.0 Å². The van der Waals surface area contributed by atoms with Crippen LogP contribution in [0.1, 0.15) is 34.3 Å². The monoisotopic (exact) mass is 354 g/mol. The number of halogens is 1. The predicted octanol–water partition coefficient (Wildman–Crippen LogP) is 3.93. The molecule has 4 nitrogen and oxygen atoms in total. The van der Waals surface area contributed by atoms with Crippen LogP contribution in [-0.2, 0) is 4.79 Å². The van der Waals surface area contributed by atoms with Gasteiger partial charge < -0.3 is 10.2 Å². The molecule has 0 aliphatic carbocycles. The molecule has 5 heteroatoms. The van der Waals surface area contributed by atoms with Gasteiger partial charge in [-0.15, -0.1) is 0 Å². The van der Waals surface area contributed by atoms with E-state index in [0.29, 0.717) is 31.5 Å². The van der Waals surface area contributed by atoms with Crippen molar-refractivity contribution in [2.45, 2.75) is 26.7 Å². The molecule has 136 valence electrons. The summed E-state index contributed by atoms with van der Waals surface area (Å²) in [6.07, 6.45) is 1.26. The van der Waals surface area contributed by atoms with Crippen LogP contribution < -0.4 is 5.32 Å². The summed E-state index contributed by atoms with van der Waals surface area (Å²) in [5.74, 6) is -0.565. The maximum absolute atomic E-state index is 13.0. The molecule has 0 unspecified atom stereocenters. The Morgan fingerprint density at radius 3 is 2.15 bits per heavy atom. The lowest BCUT2D eigenvalue weighted by Crippen LogP contribution is -2.41. The van der Waals surface area contributed by atoms with Gasteiger partial charge in [-0.1, -0.05) is 18.2 Å². The van der Waals surface area contributed by atoms with Crippen LogP contribution in [0.3, 0.4) is 0 Å². The molecule has 0 radical (unpaired) electrons. The number of amides is 2. The molecule has 1 aliphatic rings. The molecule has 1 aliphatic heterocycles. The van der Waals surface area contributed by atoms with Gasteiger partial charge in [-0.2, -0.15) is 0 Å². The maximum atomic E-state index is 13.0. The van der Waals surface area contributed by atoms with Crippen molar-refractivity contribution >= 4 is 17.5 Å². The van der Waals surface area contributed by atoms with Gasteiger partial charge in [0, 0.05) is 30.3 Å². The summed E-state index contributed by atoms with van der Waals surface area (Å²) in [5, 5.41) is 3.05. The number of anilines is 1. The third kappa shape index (κ3) is 3.93. The van der Waals surface area contributed by atoms with Crippen LogP contribution in [0.2, 0.25) is 0 Å². The minimum Gasteiger partial charge on any atom is -0.339 e. The Bertz CT molecular complexity index is 789. The Kier molecular flexibility index (Phi) is 5.35. The Hall–Kier alpha value is -2.69. The van der Waals surface area contributed by atoms with Gasteiger partial charge in [0.05, 0.1) is 0 Å². The van der Waals surface area contributed by atoms with Gasteiger partial charge >= 0.3 is 0 Å². The van der Waals surface area contributed by atoms with Crippen LogP contribution in [0.15, 0.2) is 42.5 Å². The van der Waals surface area contributed by atoms with Crippen molar-refractivity contribution < 1.29 is 14.0 Å². The number of hydrogen-bond acceptors (Lipinski definition) is 2. The van der Waals surface area contributed by atoms with Crippen LogP contribution >= 0.6 is 0 Å². The molecular formula is C21H23FN2O2. The molecule has 0 bridgehead atoms. The van der Waals surface area contributed by atoms with Gasteiger partial charge in [-0.25, -0.2) is 4.39 Å². The number of rotatable bonds is 3. The van der Waals surface area contributed by atoms with E-state index >= 15 is 0 Å². The van der Waals surface area contributed by atoms with Crippen LogP contribution in [-0.4, -0.2) is 29.8 Å². The van der Waals surface area contributed by atoms with E-state index < -0.39 is 0 Å². The van der Waals surface area contributed by atoms with E-state index in [0.717, 1.165) is 16.8 Å². The number of carbonyl (C=O) groups is 2. The molecule has 0 aromatic heterocycles. The second kappa shape index (κ2) is 7.68. The molecule has 26 heavy (non-hydrogen) atoms. The van der Waals surface area contributed by atoms with E-state index in [1.165, 1.54) is 24.3 Å². The largest absolute Gasteiger partial charge is 0.339 e. The lowest BCUT2D eigenvalue weighted by molar-refractivity contribution is -0.121. The van der Waals surface area contributed by atoms with Crippen molar-refractivity contribution in [1.82, 2.24) is 4.90 Å². The second-order valence-electron chi connectivity index (χ2n) is 6.83. The lowest BCUT2D eigenvalue weighted by atomic mass is 9.95. The van der Waals surface area contributed by atoms with Crippen LogP contribution in [0.25, 0.3) is 0 Å². The van der Waals surface area contributed by atoms with E-state index in [2.05, 4.69) is 5.32 Å². The average molecular weight is 354 g/mol. The first kappa shape index (κ1) is 18.1. The summed E-state index contributed by atoms with van der Waals surface area (Å²) in [7, 11) is 0. The molecule has 1 saturated heterocycles. The molecule has 2 amide bonds.